The maximum absolute atomic E-state index is 13.1. The molecule has 8 nitrogen and oxygen atoms in total. The molecule has 3 aromatic rings. The van der Waals surface area contributed by atoms with Crippen LogP contribution in [0.5, 0.6) is 5.75 Å². The molecule has 4 rings (SSSR count). The molecule has 1 amide bonds. The summed E-state index contributed by atoms with van der Waals surface area (Å²) in [6.45, 7) is 3.07. The molecule has 1 aliphatic heterocycles. The van der Waals surface area contributed by atoms with Crippen LogP contribution in [-0.2, 0) is 10.0 Å². The van der Waals surface area contributed by atoms with Gasteiger partial charge in [-0.2, -0.15) is 4.31 Å². The van der Waals surface area contributed by atoms with Crippen molar-refractivity contribution in [3.63, 3.8) is 0 Å². The average Bonchev–Trinajstić information content (AvgIpc) is 3.28. The Morgan fingerprint density at radius 1 is 1.12 bits per heavy atom. The van der Waals surface area contributed by atoms with Crippen LogP contribution in [0.1, 0.15) is 30.1 Å². The lowest BCUT2D eigenvalue weighted by molar-refractivity contribution is 0.102. The molecule has 1 fully saturated rings. The summed E-state index contributed by atoms with van der Waals surface area (Å²) in [7, 11) is -2.26. The van der Waals surface area contributed by atoms with Gasteiger partial charge in [-0.25, -0.2) is 8.42 Å². The van der Waals surface area contributed by atoms with Crippen LogP contribution in [-0.4, -0.2) is 49.0 Å². The number of piperidine rings is 1. The van der Waals surface area contributed by atoms with Crippen LogP contribution < -0.4 is 10.1 Å². The van der Waals surface area contributed by atoms with Gasteiger partial charge in [-0.05, 0) is 37.0 Å². The van der Waals surface area contributed by atoms with E-state index in [0.717, 1.165) is 18.4 Å². The van der Waals surface area contributed by atoms with Crippen molar-refractivity contribution in [3.05, 3.63) is 54.1 Å². The maximum Gasteiger partial charge on any atom is 0.261 e. The summed E-state index contributed by atoms with van der Waals surface area (Å²) < 4.78 is 33.0. The molecule has 168 valence electrons. The number of anilines is 1. The van der Waals surface area contributed by atoms with E-state index in [1.807, 2.05) is 30.3 Å². The van der Waals surface area contributed by atoms with Crippen LogP contribution in [0.3, 0.4) is 0 Å². The van der Waals surface area contributed by atoms with Gasteiger partial charge in [0.05, 0.1) is 17.6 Å². The minimum atomic E-state index is -3.70. The Balaban J connectivity index is 1.57. The largest absolute Gasteiger partial charge is 0.496 e. The molecule has 0 saturated carbocycles. The zero-order chi connectivity index (χ0) is 22.7. The van der Waals surface area contributed by atoms with Crippen molar-refractivity contribution < 1.29 is 17.9 Å². The van der Waals surface area contributed by atoms with Crippen molar-refractivity contribution in [1.82, 2.24) is 14.5 Å². The maximum atomic E-state index is 13.1. The van der Waals surface area contributed by atoms with E-state index in [4.69, 9.17) is 4.74 Å². The van der Waals surface area contributed by atoms with E-state index in [0.29, 0.717) is 29.1 Å². The SMILES string of the molecule is COc1ccc(S(=O)(=O)N2CCC(C)CC2)cc1C(=O)Nc1nnc(-c2ccccc2)s1. The molecule has 2 heterocycles. The lowest BCUT2D eigenvalue weighted by Crippen LogP contribution is -2.37. The first-order valence-corrected chi connectivity index (χ1v) is 12.5. The first-order chi connectivity index (χ1) is 15.4. The lowest BCUT2D eigenvalue weighted by atomic mass is 10.0. The number of sulfonamides is 1. The predicted octanol–water partition coefficient (Wildman–Crippen LogP) is 3.89. The van der Waals surface area contributed by atoms with E-state index in [1.54, 1.807) is 0 Å². The Morgan fingerprint density at radius 2 is 1.84 bits per heavy atom. The Hall–Kier alpha value is -2.82. The van der Waals surface area contributed by atoms with Gasteiger partial charge in [0.25, 0.3) is 5.91 Å². The van der Waals surface area contributed by atoms with Crippen LogP contribution in [0.4, 0.5) is 5.13 Å². The molecule has 0 atom stereocenters. The molecule has 0 unspecified atom stereocenters. The van der Waals surface area contributed by atoms with Gasteiger partial charge in [0.2, 0.25) is 15.2 Å². The number of amides is 1. The molecule has 0 aliphatic carbocycles. The third kappa shape index (κ3) is 4.67. The number of nitrogens with one attached hydrogen (secondary N) is 1. The van der Waals surface area contributed by atoms with Crippen LogP contribution >= 0.6 is 11.3 Å². The number of benzene rings is 2. The molecule has 1 N–H and O–H groups in total. The number of aromatic nitrogens is 2. The second-order valence-corrected chi connectivity index (χ2v) is 10.6. The van der Waals surface area contributed by atoms with Crippen molar-refractivity contribution >= 4 is 32.4 Å². The summed E-state index contributed by atoms with van der Waals surface area (Å²) in [5, 5.41) is 11.8. The normalized spacial score (nSPS) is 15.4. The highest BCUT2D eigenvalue weighted by Crippen LogP contribution is 2.30. The fourth-order valence-electron chi connectivity index (χ4n) is 3.53. The van der Waals surface area contributed by atoms with Gasteiger partial charge in [-0.1, -0.05) is 48.6 Å². The van der Waals surface area contributed by atoms with E-state index in [2.05, 4.69) is 22.4 Å². The Bertz CT molecular complexity index is 1200. The zero-order valence-corrected chi connectivity index (χ0v) is 19.4. The van der Waals surface area contributed by atoms with Crippen LogP contribution in [0.2, 0.25) is 0 Å². The lowest BCUT2D eigenvalue weighted by Gasteiger charge is -2.29. The standard InChI is InChI=1S/C22H24N4O4S2/c1-15-10-12-26(13-11-15)32(28,29)17-8-9-19(30-2)18(14-17)20(27)23-22-25-24-21(31-22)16-6-4-3-5-7-16/h3-9,14-15H,10-13H2,1-2H3,(H,23,25,27). The quantitative estimate of drug-likeness (QED) is 0.584. The van der Waals surface area contributed by atoms with Gasteiger partial charge in [0.15, 0.2) is 0 Å². The molecule has 1 aromatic heterocycles. The highest BCUT2D eigenvalue weighted by Gasteiger charge is 2.29. The Labute approximate surface area is 191 Å². The molecule has 1 aliphatic rings. The predicted molar refractivity (Wildman–Crippen MR) is 123 cm³/mol. The second-order valence-electron chi connectivity index (χ2n) is 7.68. The Morgan fingerprint density at radius 3 is 2.53 bits per heavy atom. The minimum absolute atomic E-state index is 0.0697. The van der Waals surface area contributed by atoms with Crippen LogP contribution in [0, 0.1) is 5.92 Å². The average molecular weight is 473 g/mol. The van der Waals surface area contributed by atoms with Crippen molar-refractivity contribution in [1.29, 1.82) is 0 Å². The number of hydrogen-bond donors (Lipinski definition) is 1. The van der Waals surface area contributed by atoms with Gasteiger partial charge in [0, 0.05) is 18.7 Å². The van der Waals surface area contributed by atoms with Crippen molar-refractivity contribution in [2.45, 2.75) is 24.7 Å². The van der Waals surface area contributed by atoms with Gasteiger partial charge >= 0.3 is 0 Å². The van der Waals surface area contributed by atoms with Gasteiger partial charge in [0.1, 0.15) is 10.8 Å². The summed E-state index contributed by atoms with van der Waals surface area (Å²) in [6, 6.07) is 13.9. The van der Waals surface area contributed by atoms with E-state index in [9.17, 15) is 13.2 Å². The highest BCUT2D eigenvalue weighted by atomic mass is 32.2. The van der Waals surface area contributed by atoms with Gasteiger partial charge in [-0.3, -0.25) is 10.1 Å². The van der Waals surface area contributed by atoms with Crippen LogP contribution in [0.15, 0.2) is 53.4 Å². The monoisotopic (exact) mass is 472 g/mol. The fraction of sp³-hybridized carbons (Fsp3) is 0.318. The van der Waals surface area contributed by atoms with Crippen molar-refractivity contribution in [2.24, 2.45) is 5.92 Å². The van der Waals surface area contributed by atoms with Gasteiger partial charge in [-0.15, -0.1) is 10.2 Å². The molecule has 1 saturated heterocycles. The first-order valence-electron chi connectivity index (χ1n) is 10.3. The number of nitrogens with zero attached hydrogens (tertiary/aromatic N) is 3. The van der Waals surface area contributed by atoms with Crippen LogP contribution in [0.25, 0.3) is 10.6 Å². The number of carbonyl (C=O) groups excluding carboxylic acids is 1. The Kier molecular flexibility index (Phi) is 6.54. The van der Waals surface area contributed by atoms with E-state index >= 15 is 0 Å². The summed E-state index contributed by atoms with van der Waals surface area (Å²) in [6.07, 6.45) is 1.65. The summed E-state index contributed by atoms with van der Waals surface area (Å²) >= 11 is 1.23. The highest BCUT2D eigenvalue weighted by molar-refractivity contribution is 7.89. The molecule has 0 radical (unpaired) electrons. The molecule has 32 heavy (non-hydrogen) atoms. The summed E-state index contributed by atoms with van der Waals surface area (Å²) in [5.74, 6) is 0.273. The van der Waals surface area contributed by atoms with E-state index in [1.165, 1.54) is 41.0 Å². The third-order valence-electron chi connectivity index (χ3n) is 5.46. The molecule has 10 heteroatoms. The van der Waals surface area contributed by atoms with E-state index < -0.39 is 15.9 Å². The number of methoxy groups -OCH3 is 1. The molecule has 0 bridgehead atoms. The number of hydrogen-bond acceptors (Lipinski definition) is 7. The topological polar surface area (TPSA) is 101 Å². The third-order valence-corrected chi connectivity index (χ3v) is 8.24. The zero-order valence-electron chi connectivity index (χ0n) is 17.8. The molecular weight excluding hydrogens is 448 g/mol. The van der Waals surface area contributed by atoms with Crippen molar-refractivity contribution in [2.75, 3.05) is 25.5 Å². The fourth-order valence-corrected chi connectivity index (χ4v) is 5.78. The number of ether oxygens (including phenoxy) is 1. The molecular formula is C22H24N4O4S2. The number of carbonyl (C=O) groups is 1. The molecule has 0 spiro atoms. The van der Waals surface area contributed by atoms with Crippen molar-refractivity contribution in [3.8, 4) is 16.3 Å². The summed E-state index contributed by atoms with van der Waals surface area (Å²) in [4.78, 5) is 13.0. The second kappa shape index (κ2) is 9.35. The van der Waals surface area contributed by atoms with Gasteiger partial charge < -0.3 is 4.74 Å². The number of rotatable bonds is 6. The first kappa shape index (κ1) is 22.4. The summed E-state index contributed by atoms with van der Waals surface area (Å²) in [5.41, 5.74) is 1.02. The minimum Gasteiger partial charge on any atom is -0.496 e. The molecule has 2 aromatic carbocycles. The smallest absolute Gasteiger partial charge is 0.261 e. The van der Waals surface area contributed by atoms with E-state index in [-0.39, 0.29) is 16.2 Å².